The van der Waals surface area contributed by atoms with Gasteiger partial charge in [-0.15, -0.1) is 0 Å². The Bertz CT molecular complexity index is 673. The van der Waals surface area contributed by atoms with E-state index in [0.717, 1.165) is 5.69 Å². The molecule has 0 saturated carbocycles. The molecule has 2 aromatic rings. The number of hydrogen-bond acceptors (Lipinski definition) is 4. The fourth-order valence-electron chi connectivity index (χ4n) is 1.89. The van der Waals surface area contributed by atoms with E-state index in [2.05, 4.69) is 15.5 Å². The van der Waals surface area contributed by atoms with Crippen LogP contribution < -0.4 is 16.8 Å². The average Bonchev–Trinajstić information content (AvgIpc) is 2.81. The van der Waals surface area contributed by atoms with Crippen molar-refractivity contribution in [1.29, 1.82) is 0 Å². The van der Waals surface area contributed by atoms with Crippen molar-refractivity contribution in [3.05, 3.63) is 41.2 Å². The number of carbonyl (C=O) groups excluding carboxylic acids is 2. The van der Waals surface area contributed by atoms with Crippen molar-refractivity contribution >= 4 is 23.2 Å². The molecule has 0 radical (unpaired) electrons. The lowest BCUT2D eigenvalue weighted by atomic mass is 10.1. The molecular formula is C14H17N5O2. The van der Waals surface area contributed by atoms with Crippen LogP contribution in [-0.4, -0.2) is 22.0 Å². The van der Waals surface area contributed by atoms with E-state index in [4.69, 9.17) is 11.5 Å². The van der Waals surface area contributed by atoms with Gasteiger partial charge in [-0.1, -0.05) is 13.8 Å². The van der Waals surface area contributed by atoms with E-state index in [-0.39, 0.29) is 11.6 Å². The quantitative estimate of drug-likeness (QED) is 0.679. The van der Waals surface area contributed by atoms with Gasteiger partial charge in [0.1, 0.15) is 0 Å². The Morgan fingerprint density at radius 3 is 2.33 bits per heavy atom. The molecule has 0 fully saturated rings. The average molecular weight is 287 g/mol. The first kappa shape index (κ1) is 14.6. The number of carbonyl (C=O) groups is 2. The van der Waals surface area contributed by atoms with Crippen molar-refractivity contribution in [3.63, 3.8) is 0 Å². The molecule has 0 spiro atoms. The van der Waals surface area contributed by atoms with Gasteiger partial charge < -0.3 is 16.8 Å². The Kier molecular flexibility index (Phi) is 3.93. The highest BCUT2D eigenvalue weighted by molar-refractivity contribution is 6.06. The van der Waals surface area contributed by atoms with Crippen LogP contribution in [0.4, 0.5) is 11.4 Å². The second-order valence-corrected chi connectivity index (χ2v) is 4.95. The maximum absolute atomic E-state index is 12.1. The minimum absolute atomic E-state index is 0.147. The topological polar surface area (TPSA) is 127 Å². The third-order valence-electron chi connectivity index (χ3n) is 3.05. The number of anilines is 2. The maximum atomic E-state index is 12.1. The normalized spacial score (nSPS) is 10.6. The summed E-state index contributed by atoms with van der Waals surface area (Å²) in [5, 5.41) is 9.37. The molecule has 110 valence electrons. The molecule has 0 saturated heterocycles. The molecule has 21 heavy (non-hydrogen) atoms. The third-order valence-corrected chi connectivity index (χ3v) is 3.05. The largest absolute Gasteiger partial charge is 0.395 e. The summed E-state index contributed by atoms with van der Waals surface area (Å²) in [4.78, 5) is 23.1. The second kappa shape index (κ2) is 5.66. The molecule has 6 N–H and O–H groups in total. The molecule has 0 aliphatic heterocycles. The van der Waals surface area contributed by atoms with Crippen molar-refractivity contribution < 1.29 is 9.59 Å². The van der Waals surface area contributed by atoms with Gasteiger partial charge in [0, 0.05) is 11.3 Å². The number of nitrogens with two attached hydrogens (primary N) is 2. The number of aromatic amines is 1. The molecule has 0 aliphatic carbocycles. The fourth-order valence-corrected chi connectivity index (χ4v) is 1.89. The first-order valence-electron chi connectivity index (χ1n) is 6.45. The molecule has 0 unspecified atom stereocenters. The lowest BCUT2D eigenvalue weighted by Gasteiger charge is -2.05. The molecule has 1 aromatic carbocycles. The number of aromatic nitrogens is 2. The van der Waals surface area contributed by atoms with Crippen LogP contribution in [0.3, 0.4) is 0 Å². The smallest absolute Gasteiger partial charge is 0.278 e. The summed E-state index contributed by atoms with van der Waals surface area (Å²) in [6.07, 6.45) is 0. The molecule has 2 rings (SSSR count). The highest BCUT2D eigenvalue weighted by atomic mass is 16.2. The zero-order chi connectivity index (χ0) is 15.6. The lowest BCUT2D eigenvalue weighted by molar-refractivity contribution is 0.0998. The summed E-state index contributed by atoms with van der Waals surface area (Å²) in [5.74, 6) is -0.789. The van der Waals surface area contributed by atoms with Gasteiger partial charge >= 0.3 is 0 Å². The van der Waals surface area contributed by atoms with Crippen LogP contribution in [0.2, 0.25) is 0 Å². The fraction of sp³-hybridized carbons (Fsp3) is 0.214. The number of primary amides is 1. The van der Waals surface area contributed by atoms with Gasteiger partial charge in [0.25, 0.3) is 5.91 Å². The maximum Gasteiger partial charge on any atom is 0.278 e. The van der Waals surface area contributed by atoms with Crippen molar-refractivity contribution in [1.82, 2.24) is 10.2 Å². The van der Waals surface area contributed by atoms with Gasteiger partial charge in [-0.2, -0.15) is 5.10 Å². The molecular weight excluding hydrogens is 270 g/mol. The summed E-state index contributed by atoms with van der Waals surface area (Å²) in [6.45, 7) is 3.90. The van der Waals surface area contributed by atoms with E-state index in [1.54, 1.807) is 12.1 Å². The van der Waals surface area contributed by atoms with E-state index in [9.17, 15) is 9.59 Å². The van der Waals surface area contributed by atoms with Crippen molar-refractivity contribution in [3.8, 4) is 0 Å². The molecule has 0 aliphatic rings. The monoisotopic (exact) mass is 287 g/mol. The van der Waals surface area contributed by atoms with Crippen LogP contribution in [0, 0.1) is 0 Å². The van der Waals surface area contributed by atoms with Crippen LogP contribution >= 0.6 is 0 Å². The highest BCUT2D eigenvalue weighted by Crippen LogP contribution is 2.22. The summed E-state index contributed by atoms with van der Waals surface area (Å²) >= 11 is 0. The van der Waals surface area contributed by atoms with E-state index in [0.29, 0.717) is 16.9 Å². The van der Waals surface area contributed by atoms with Gasteiger partial charge in [0.2, 0.25) is 5.91 Å². The Morgan fingerprint density at radius 1 is 1.24 bits per heavy atom. The first-order chi connectivity index (χ1) is 9.90. The molecule has 1 aromatic heterocycles. The van der Waals surface area contributed by atoms with Crippen LogP contribution in [0.15, 0.2) is 24.3 Å². The Balaban J connectivity index is 2.16. The Labute approximate surface area is 121 Å². The SMILES string of the molecule is CC(C)c1[nH]nc(C(=O)Nc2ccc(C(N)=O)cc2)c1N. The summed E-state index contributed by atoms with van der Waals surface area (Å²) in [6, 6.07) is 6.24. The number of H-pyrrole nitrogens is 1. The molecule has 0 bridgehead atoms. The summed E-state index contributed by atoms with van der Waals surface area (Å²) < 4.78 is 0. The lowest BCUT2D eigenvalue weighted by Crippen LogP contribution is -2.15. The number of benzene rings is 1. The first-order valence-corrected chi connectivity index (χ1v) is 6.45. The summed E-state index contributed by atoms with van der Waals surface area (Å²) in [5.41, 5.74) is 13.2. The summed E-state index contributed by atoms with van der Waals surface area (Å²) in [7, 11) is 0. The van der Waals surface area contributed by atoms with E-state index in [1.807, 2.05) is 13.8 Å². The number of rotatable bonds is 4. The molecule has 7 nitrogen and oxygen atoms in total. The van der Waals surface area contributed by atoms with Gasteiger partial charge in [-0.05, 0) is 30.2 Å². The van der Waals surface area contributed by atoms with Crippen LogP contribution in [0.25, 0.3) is 0 Å². The Morgan fingerprint density at radius 2 is 1.86 bits per heavy atom. The number of nitrogens with zero attached hydrogens (tertiary/aromatic N) is 1. The number of nitrogen functional groups attached to an aromatic ring is 1. The standard InChI is InChI=1S/C14H17N5O2/c1-7(2)11-10(15)12(19-18-11)14(21)17-9-5-3-8(4-6-9)13(16)20/h3-7H,15H2,1-2H3,(H2,16,20)(H,17,21)(H,18,19). The van der Waals surface area contributed by atoms with Crippen LogP contribution in [0.5, 0.6) is 0 Å². The zero-order valence-corrected chi connectivity index (χ0v) is 11.8. The number of amides is 2. The van der Waals surface area contributed by atoms with E-state index >= 15 is 0 Å². The van der Waals surface area contributed by atoms with E-state index < -0.39 is 11.8 Å². The molecule has 2 amide bonds. The van der Waals surface area contributed by atoms with Crippen LogP contribution in [0.1, 0.15) is 46.3 Å². The molecule has 7 heteroatoms. The predicted octanol–water partition coefficient (Wildman–Crippen LogP) is 1.47. The highest BCUT2D eigenvalue weighted by Gasteiger charge is 2.18. The van der Waals surface area contributed by atoms with Gasteiger partial charge in [0.15, 0.2) is 5.69 Å². The van der Waals surface area contributed by atoms with Gasteiger partial charge in [-0.25, -0.2) is 0 Å². The minimum Gasteiger partial charge on any atom is -0.395 e. The van der Waals surface area contributed by atoms with Crippen molar-refractivity contribution in [2.24, 2.45) is 5.73 Å². The zero-order valence-electron chi connectivity index (χ0n) is 11.8. The van der Waals surface area contributed by atoms with Gasteiger partial charge in [0.05, 0.1) is 11.4 Å². The van der Waals surface area contributed by atoms with E-state index in [1.165, 1.54) is 12.1 Å². The van der Waals surface area contributed by atoms with Crippen molar-refractivity contribution in [2.45, 2.75) is 19.8 Å². The predicted molar refractivity (Wildman–Crippen MR) is 80.0 cm³/mol. The molecule has 1 heterocycles. The minimum atomic E-state index is -0.522. The van der Waals surface area contributed by atoms with Crippen LogP contribution in [-0.2, 0) is 0 Å². The number of nitrogens with one attached hydrogen (secondary N) is 2. The molecule has 0 atom stereocenters. The third kappa shape index (κ3) is 3.02. The Hall–Kier alpha value is -2.83. The van der Waals surface area contributed by atoms with Gasteiger partial charge in [-0.3, -0.25) is 14.7 Å². The number of hydrogen-bond donors (Lipinski definition) is 4. The second-order valence-electron chi connectivity index (χ2n) is 4.95. The van der Waals surface area contributed by atoms with Crippen molar-refractivity contribution in [2.75, 3.05) is 11.1 Å².